The molecular formula is C22H20N2O4. The third-order valence-corrected chi connectivity index (χ3v) is 4.84. The van der Waals surface area contributed by atoms with Crippen molar-refractivity contribution in [1.82, 2.24) is 9.88 Å². The number of fused-ring (bicyclic) bond motifs is 1. The quantitative estimate of drug-likeness (QED) is 0.567. The standard InChI is InChI=1S/C22H20N2O4/c1-14-9-16-11-17(21(25)23-19(16)10-15(14)2)12-24(13-18-5-3-7-27-18)22(26)20-6-4-8-28-20/h3-11H,12-13H2,1-2H3,(H,23,25). The van der Waals surface area contributed by atoms with Crippen LogP contribution in [0.15, 0.2) is 68.6 Å². The van der Waals surface area contributed by atoms with Gasteiger partial charge in [-0.05, 0) is 72.8 Å². The van der Waals surface area contributed by atoms with Crippen LogP contribution >= 0.6 is 0 Å². The summed E-state index contributed by atoms with van der Waals surface area (Å²) >= 11 is 0. The van der Waals surface area contributed by atoms with Gasteiger partial charge in [-0.25, -0.2) is 0 Å². The summed E-state index contributed by atoms with van der Waals surface area (Å²) < 4.78 is 10.6. The lowest BCUT2D eigenvalue weighted by molar-refractivity contribution is 0.0684. The smallest absolute Gasteiger partial charge is 0.290 e. The molecule has 0 spiro atoms. The number of hydrogen-bond acceptors (Lipinski definition) is 4. The molecule has 28 heavy (non-hydrogen) atoms. The molecule has 0 aliphatic heterocycles. The van der Waals surface area contributed by atoms with Crippen molar-refractivity contribution in [3.8, 4) is 0 Å². The fourth-order valence-electron chi connectivity index (χ4n) is 3.19. The van der Waals surface area contributed by atoms with Crippen LogP contribution in [0.25, 0.3) is 10.9 Å². The maximum atomic E-state index is 12.9. The number of amides is 1. The first-order valence-corrected chi connectivity index (χ1v) is 8.99. The lowest BCUT2D eigenvalue weighted by atomic mass is 10.0. The molecule has 4 rings (SSSR count). The van der Waals surface area contributed by atoms with E-state index in [4.69, 9.17) is 8.83 Å². The zero-order valence-electron chi connectivity index (χ0n) is 15.7. The highest BCUT2D eigenvalue weighted by Crippen LogP contribution is 2.19. The van der Waals surface area contributed by atoms with Crippen molar-refractivity contribution in [3.63, 3.8) is 0 Å². The first-order valence-electron chi connectivity index (χ1n) is 8.99. The Balaban J connectivity index is 1.71. The first kappa shape index (κ1) is 17.9. The Morgan fingerprint density at radius 3 is 2.46 bits per heavy atom. The molecule has 0 radical (unpaired) electrons. The molecule has 0 aliphatic carbocycles. The summed E-state index contributed by atoms with van der Waals surface area (Å²) in [6.45, 7) is 4.41. The van der Waals surface area contributed by atoms with Gasteiger partial charge in [0.25, 0.3) is 11.5 Å². The molecule has 4 aromatic rings. The second kappa shape index (κ2) is 7.23. The summed E-state index contributed by atoms with van der Waals surface area (Å²) in [5.41, 5.74) is 3.33. The minimum atomic E-state index is -0.305. The molecule has 0 aliphatic rings. The molecule has 6 heteroatoms. The van der Waals surface area contributed by atoms with Crippen LogP contribution in [0.1, 0.15) is 33.0 Å². The molecule has 1 aromatic carbocycles. The molecule has 0 unspecified atom stereocenters. The summed E-state index contributed by atoms with van der Waals surface area (Å²) in [6.07, 6.45) is 3.01. The molecule has 1 amide bonds. The second-order valence-corrected chi connectivity index (χ2v) is 6.87. The van der Waals surface area contributed by atoms with Gasteiger partial charge in [0.2, 0.25) is 0 Å². The van der Waals surface area contributed by atoms with Crippen LogP contribution in [0.4, 0.5) is 0 Å². The van der Waals surface area contributed by atoms with Gasteiger partial charge in [0, 0.05) is 11.1 Å². The molecule has 0 saturated carbocycles. The highest BCUT2D eigenvalue weighted by atomic mass is 16.3. The third kappa shape index (κ3) is 3.49. The van der Waals surface area contributed by atoms with E-state index in [1.165, 1.54) is 11.2 Å². The number of pyridine rings is 1. The summed E-state index contributed by atoms with van der Waals surface area (Å²) in [7, 11) is 0. The molecular weight excluding hydrogens is 356 g/mol. The Morgan fingerprint density at radius 2 is 1.75 bits per heavy atom. The van der Waals surface area contributed by atoms with Crippen molar-refractivity contribution in [2.45, 2.75) is 26.9 Å². The fourth-order valence-corrected chi connectivity index (χ4v) is 3.19. The minimum absolute atomic E-state index is 0.137. The van der Waals surface area contributed by atoms with Gasteiger partial charge in [0.05, 0.1) is 25.6 Å². The number of aryl methyl sites for hydroxylation is 2. The highest BCUT2D eigenvalue weighted by Gasteiger charge is 2.21. The van der Waals surface area contributed by atoms with E-state index in [-0.39, 0.29) is 30.3 Å². The molecule has 0 atom stereocenters. The average molecular weight is 376 g/mol. The predicted octanol–water partition coefficient (Wildman–Crippen LogP) is 4.17. The number of benzene rings is 1. The maximum Gasteiger partial charge on any atom is 0.290 e. The topological polar surface area (TPSA) is 79.5 Å². The SMILES string of the molecule is Cc1cc2cc(CN(Cc3ccco3)C(=O)c3ccco3)c(=O)[nH]c2cc1C. The number of nitrogens with zero attached hydrogens (tertiary/aromatic N) is 1. The molecule has 1 N–H and O–H groups in total. The van der Waals surface area contributed by atoms with Crippen molar-refractivity contribution in [2.24, 2.45) is 0 Å². The summed E-state index contributed by atoms with van der Waals surface area (Å²) in [6, 6.07) is 12.7. The van der Waals surface area contributed by atoms with E-state index in [1.54, 1.807) is 30.5 Å². The van der Waals surface area contributed by atoms with Crippen LogP contribution in [-0.2, 0) is 13.1 Å². The van der Waals surface area contributed by atoms with Crippen LogP contribution in [0.3, 0.4) is 0 Å². The number of nitrogens with one attached hydrogen (secondary N) is 1. The van der Waals surface area contributed by atoms with E-state index in [0.29, 0.717) is 11.3 Å². The number of aromatic nitrogens is 1. The van der Waals surface area contributed by atoms with Gasteiger partial charge < -0.3 is 18.7 Å². The van der Waals surface area contributed by atoms with Gasteiger partial charge in [-0.2, -0.15) is 0 Å². The number of rotatable bonds is 5. The molecule has 3 aromatic heterocycles. The maximum absolute atomic E-state index is 12.9. The fraction of sp³-hybridized carbons (Fsp3) is 0.182. The molecule has 0 fully saturated rings. The van der Waals surface area contributed by atoms with Gasteiger partial charge in [-0.3, -0.25) is 9.59 Å². The molecule has 142 valence electrons. The summed E-state index contributed by atoms with van der Waals surface area (Å²) in [4.78, 5) is 30.0. The zero-order valence-corrected chi connectivity index (χ0v) is 15.7. The first-order chi connectivity index (χ1) is 13.5. The van der Waals surface area contributed by atoms with Crippen molar-refractivity contribution in [3.05, 3.63) is 93.6 Å². The van der Waals surface area contributed by atoms with E-state index in [0.717, 1.165) is 22.0 Å². The number of furan rings is 2. The normalized spacial score (nSPS) is 11.1. The average Bonchev–Trinajstić information content (AvgIpc) is 3.37. The minimum Gasteiger partial charge on any atom is -0.467 e. The number of carbonyl (C=O) groups is 1. The predicted molar refractivity (Wildman–Crippen MR) is 105 cm³/mol. The molecule has 6 nitrogen and oxygen atoms in total. The molecule has 3 heterocycles. The van der Waals surface area contributed by atoms with Crippen molar-refractivity contribution in [1.29, 1.82) is 0 Å². The van der Waals surface area contributed by atoms with E-state index >= 15 is 0 Å². The van der Waals surface area contributed by atoms with Crippen molar-refractivity contribution in [2.75, 3.05) is 0 Å². The van der Waals surface area contributed by atoms with E-state index in [2.05, 4.69) is 4.98 Å². The Labute approximate surface area is 161 Å². The van der Waals surface area contributed by atoms with Gasteiger partial charge in [-0.15, -0.1) is 0 Å². The Hall–Kier alpha value is -3.54. The number of hydrogen-bond donors (Lipinski definition) is 1. The van der Waals surface area contributed by atoms with Gasteiger partial charge >= 0.3 is 0 Å². The number of carbonyl (C=O) groups excluding carboxylic acids is 1. The summed E-state index contributed by atoms with van der Waals surface area (Å²) in [5, 5.41) is 0.932. The van der Waals surface area contributed by atoms with Gasteiger partial charge in [-0.1, -0.05) is 0 Å². The van der Waals surface area contributed by atoms with Gasteiger partial charge in [0.15, 0.2) is 5.76 Å². The largest absolute Gasteiger partial charge is 0.467 e. The third-order valence-electron chi connectivity index (χ3n) is 4.84. The Bertz CT molecular complexity index is 1170. The van der Waals surface area contributed by atoms with Crippen molar-refractivity contribution < 1.29 is 13.6 Å². The van der Waals surface area contributed by atoms with Crippen LogP contribution in [-0.4, -0.2) is 15.8 Å². The summed E-state index contributed by atoms with van der Waals surface area (Å²) in [5.74, 6) is 0.541. The molecule has 0 bridgehead atoms. The van der Waals surface area contributed by atoms with E-state index in [1.807, 2.05) is 32.0 Å². The van der Waals surface area contributed by atoms with Crippen LogP contribution in [0, 0.1) is 13.8 Å². The lowest BCUT2D eigenvalue weighted by Crippen LogP contribution is -2.32. The Morgan fingerprint density at radius 1 is 1.00 bits per heavy atom. The van der Waals surface area contributed by atoms with Gasteiger partial charge in [0.1, 0.15) is 5.76 Å². The van der Waals surface area contributed by atoms with Crippen LogP contribution < -0.4 is 5.56 Å². The number of aromatic amines is 1. The Kier molecular flexibility index (Phi) is 4.61. The van der Waals surface area contributed by atoms with Crippen LogP contribution in [0.2, 0.25) is 0 Å². The van der Waals surface area contributed by atoms with Crippen molar-refractivity contribution >= 4 is 16.8 Å². The molecule has 0 saturated heterocycles. The second-order valence-electron chi connectivity index (χ2n) is 6.87. The zero-order chi connectivity index (χ0) is 19.7. The van der Waals surface area contributed by atoms with E-state index < -0.39 is 0 Å². The lowest BCUT2D eigenvalue weighted by Gasteiger charge is -2.20. The number of H-pyrrole nitrogens is 1. The van der Waals surface area contributed by atoms with Crippen LogP contribution in [0.5, 0.6) is 0 Å². The monoisotopic (exact) mass is 376 g/mol. The highest BCUT2D eigenvalue weighted by molar-refractivity contribution is 5.91. The van der Waals surface area contributed by atoms with E-state index in [9.17, 15) is 9.59 Å².